The number of rotatable bonds is 5. The molecule has 0 aromatic rings. The third-order valence-corrected chi connectivity index (χ3v) is 4.47. The van der Waals surface area contributed by atoms with Gasteiger partial charge in [0.05, 0.1) is 6.10 Å². The van der Waals surface area contributed by atoms with Crippen molar-refractivity contribution in [2.75, 3.05) is 26.7 Å². The van der Waals surface area contributed by atoms with E-state index in [2.05, 4.69) is 17.3 Å². The fourth-order valence-electron chi connectivity index (χ4n) is 3.40. The predicted molar refractivity (Wildman–Crippen MR) is 71.1 cm³/mol. The zero-order chi connectivity index (χ0) is 12.1. The zero-order valence-corrected chi connectivity index (χ0v) is 11.2. The Kier molecular flexibility index (Phi) is 5.26. The molecule has 2 unspecified atom stereocenters. The van der Waals surface area contributed by atoms with E-state index in [0.29, 0.717) is 6.04 Å². The number of nitrogens with zero attached hydrogens (tertiary/aromatic N) is 1. The molecule has 0 bridgehead atoms. The van der Waals surface area contributed by atoms with E-state index in [-0.39, 0.29) is 6.10 Å². The van der Waals surface area contributed by atoms with Crippen molar-refractivity contribution in [3.8, 4) is 0 Å². The second-order valence-electron chi connectivity index (χ2n) is 5.98. The average Bonchev–Trinajstić information content (AvgIpc) is 2.82. The summed E-state index contributed by atoms with van der Waals surface area (Å²) >= 11 is 0. The molecule has 2 fully saturated rings. The largest absolute Gasteiger partial charge is 0.392 e. The maximum atomic E-state index is 10.1. The first kappa shape index (κ1) is 13.3. The lowest BCUT2D eigenvalue weighted by Gasteiger charge is -2.33. The van der Waals surface area contributed by atoms with E-state index in [1.165, 1.54) is 38.5 Å². The van der Waals surface area contributed by atoms with E-state index >= 15 is 0 Å². The monoisotopic (exact) mass is 240 g/mol. The predicted octanol–water partition coefficient (Wildman–Crippen LogP) is 1.61. The Morgan fingerprint density at radius 3 is 2.65 bits per heavy atom. The van der Waals surface area contributed by atoms with Crippen molar-refractivity contribution < 1.29 is 5.11 Å². The lowest BCUT2D eigenvalue weighted by atomic mass is 9.99. The van der Waals surface area contributed by atoms with Crippen LogP contribution in [-0.2, 0) is 0 Å². The molecular formula is C14H28N2O. The first-order valence-corrected chi connectivity index (χ1v) is 7.34. The Balaban J connectivity index is 1.67. The Morgan fingerprint density at radius 1 is 1.24 bits per heavy atom. The second-order valence-corrected chi connectivity index (χ2v) is 5.98. The average molecular weight is 240 g/mol. The van der Waals surface area contributed by atoms with Crippen molar-refractivity contribution in [3.05, 3.63) is 0 Å². The fourth-order valence-corrected chi connectivity index (χ4v) is 3.40. The molecule has 1 aliphatic heterocycles. The summed E-state index contributed by atoms with van der Waals surface area (Å²) in [5.41, 5.74) is 0. The van der Waals surface area contributed by atoms with Crippen molar-refractivity contribution in [1.82, 2.24) is 10.2 Å². The Labute approximate surface area is 106 Å². The van der Waals surface area contributed by atoms with Crippen LogP contribution in [0, 0.1) is 5.92 Å². The summed E-state index contributed by atoms with van der Waals surface area (Å²) in [6, 6.07) is 0.627. The molecule has 100 valence electrons. The molecule has 0 amide bonds. The summed E-state index contributed by atoms with van der Waals surface area (Å²) in [5, 5.41) is 13.6. The van der Waals surface area contributed by atoms with Crippen LogP contribution in [0.3, 0.4) is 0 Å². The van der Waals surface area contributed by atoms with Gasteiger partial charge in [0.1, 0.15) is 0 Å². The molecule has 0 aromatic heterocycles. The minimum Gasteiger partial charge on any atom is -0.392 e. The molecule has 2 rings (SSSR count). The van der Waals surface area contributed by atoms with Crippen LogP contribution in [-0.4, -0.2) is 48.8 Å². The van der Waals surface area contributed by atoms with Gasteiger partial charge < -0.3 is 10.4 Å². The SMILES string of the molecule is CN(CC(O)CC1CCCC1)C1CCCNC1. The van der Waals surface area contributed by atoms with E-state index in [9.17, 15) is 5.11 Å². The van der Waals surface area contributed by atoms with Crippen LogP contribution >= 0.6 is 0 Å². The highest BCUT2D eigenvalue weighted by Gasteiger charge is 2.23. The lowest BCUT2D eigenvalue weighted by molar-refractivity contribution is 0.0779. The third kappa shape index (κ3) is 4.23. The van der Waals surface area contributed by atoms with Crippen LogP contribution in [0.2, 0.25) is 0 Å². The van der Waals surface area contributed by atoms with Gasteiger partial charge in [-0.2, -0.15) is 0 Å². The van der Waals surface area contributed by atoms with Crippen LogP contribution < -0.4 is 5.32 Å². The van der Waals surface area contributed by atoms with E-state index in [4.69, 9.17) is 0 Å². The summed E-state index contributed by atoms with van der Waals surface area (Å²) in [7, 11) is 2.16. The van der Waals surface area contributed by atoms with Gasteiger partial charge in [-0.15, -0.1) is 0 Å². The third-order valence-electron chi connectivity index (χ3n) is 4.47. The van der Waals surface area contributed by atoms with E-state index in [1.54, 1.807) is 0 Å². The van der Waals surface area contributed by atoms with Gasteiger partial charge in [-0.05, 0) is 38.8 Å². The Morgan fingerprint density at radius 2 is 2.00 bits per heavy atom. The van der Waals surface area contributed by atoms with Crippen molar-refractivity contribution in [3.63, 3.8) is 0 Å². The lowest BCUT2D eigenvalue weighted by Crippen LogP contribution is -2.46. The molecule has 2 aliphatic rings. The fraction of sp³-hybridized carbons (Fsp3) is 1.00. The minimum atomic E-state index is -0.120. The molecule has 0 radical (unpaired) electrons. The molecule has 1 heterocycles. The molecular weight excluding hydrogens is 212 g/mol. The van der Waals surface area contributed by atoms with Crippen molar-refractivity contribution in [2.45, 2.75) is 57.1 Å². The first-order chi connectivity index (χ1) is 8.25. The summed E-state index contributed by atoms with van der Waals surface area (Å²) in [5.74, 6) is 0.794. The van der Waals surface area contributed by atoms with Crippen LogP contribution in [0.25, 0.3) is 0 Å². The van der Waals surface area contributed by atoms with Gasteiger partial charge in [-0.25, -0.2) is 0 Å². The quantitative estimate of drug-likeness (QED) is 0.766. The molecule has 0 spiro atoms. The number of hydrogen-bond donors (Lipinski definition) is 2. The zero-order valence-electron chi connectivity index (χ0n) is 11.2. The summed E-state index contributed by atoms with van der Waals surface area (Å²) in [4.78, 5) is 2.35. The molecule has 3 nitrogen and oxygen atoms in total. The highest BCUT2D eigenvalue weighted by atomic mass is 16.3. The van der Waals surface area contributed by atoms with Crippen molar-refractivity contribution in [1.29, 1.82) is 0 Å². The number of aliphatic hydroxyl groups excluding tert-OH is 1. The summed E-state index contributed by atoms with van der Waals surface area (Å²) in [6.07, 6.45) is 8.87. The van der Waals surface area contributed by atoms with Crippen LogP contribution in [0.1, 0.15) is 44.9 Å². The van der Waals surface area contributed by atoms with Crippen LogP contribution in [0.4, 0.5) is 0 Å². The smallest absolute Gasteiger partial charge is 0.0669 e. The molecule has 0 aromatic carbocycles. The van der Waals surface area contributed by atoms with Gasteiger partial charge in [0.25, 0.3) is 0 Å². The topological polar surface area (TPSA) is 35.5 Å². The van der Waals surface area contributed by atoms with E-state index in [1.807, 2.05) is 0 Å². The van der Waals surface area contributed by atoms with Gasteiger partial charge in [0.2, 0.25) is 0 Å². The van der Waals surface area contributed by atoms with E-state index < -0.39 is 0 Å². The van der Waals surface area contributed by atoms with Crippen LogP contribution in [0.15, 0.2) is 0 Å². The molecule has 17 heavy (non-hydrogen) atoms. The number of likely N-dealkylation sites (N-methyl/N-ethyl adjacent to an activating group) is 1. The second kappa shape index (κ2) is 6.72. The van der Waals surface area contributed by atoms with Gasteiger partial charge in [-0.3, -0.25) is 4.90 Å². The highest BCUT2D eigenvalue weighted by molar-refractivity contribution is 4.79. The van der Waals surface area contributed by atoms with Crippen molar-refractivity contribution in [2.24, 2.45) is 5.92 Å². The number of nitrogens with one attached hydrogen (secondary N) is 1. The standard InChI is InChI=1S/C14H28N2O/c1-16(13-7-4-8-15-10-13)11-14(17)9-12-5-2-3-6-12/h12-15,17H,2-11H2,1H3. The molecule has 1 saturated carbocycles. The van der Waals surface area contributed by atoms with Gasteiger partial charge in [0, 0.05) is 19.1 Å². The van der Waals surface area contributed by atoms with E-state index in [0.717, 1.165) is 32.0 Å². The Bertz CT molecular complexity index is 210. The molecule has 2 atom stereocenters. The Hall–Kier alpha value is -0.120. The minimum absolute atomic E-state index is 0.120. The molecule has 1 aliphatic carbocycles. The molecule has 2 N–H and O–H groups in total. The first-order valence-electron chi connectivity index (χ1n) is 7.34. The van der Waals surface area contributed by atoms with Gasteiger partial charge in [-0.1, -0.05) is 25.7 Å². The maximum absolute atomic E-state index is 10.1. The normalized spacial score (nSPS) is 28.8. The highest BCUT2D eigenvalue weighted by Crippen LogP contribution is 2.28. The summed E-state index contributed by atoms with van der Waals surface area (Å²) < 4.78 is 0. The molecule has 1 saturated heterocycles. The van der Waals surface area contributed by atoms with Gasteiger partial charge >= 0.3 is 0 Å². The number of aliphatic hydroxyl groups is 1. The number of hydrogen-bond acceptors (Lipinski definition) is 3. The summed E-state index contributed by atoms with van der Waals surface area (Å²) in [6.45, 7) is 3.10. The molecule has 3 heteroatoms. The maximum Gasteiger partial charge on any atom is 0.0669 e. The number of piperidine rings is 1. The van der Waals surface area contributed by atoms with Gasteiger partial charge in [0.15, 0.2) is 0 Å². The van der Waals surface area contributed by atoms with Crippen LogP contribution in [0.5, 0.6) is 0 Å². The van der Waals surface area contributed by atoms with Crippen molar-refractivity contribution >= 4 is 0 Å².